The Kier molecular flexibility index (Phi) is 5.02. The number of hydrogen-bond donors (Lipinski definition) is 2. The smallest absolute Gasteiger partial charge is 0.504 e. The summed E-state index contributed by atoms with van der Waals surface area (Å²) in [5.74, 6) is -1.42. The standard InChI is InChI=1S/C20H19F3N4O3/c1-12-10-26(7-6-24-12)14-3-5-18-25-15(9-19(29)27(18)11-14)13-2-4-16(28)17(8-13)30-20(21,22)23/h2-5,8-9,11-12,24,28H,6-7,10H2,1H3. The summed E-state index contributed by atoms with van der Waals surface area (Å²) in [7, 11) is 0. The number of nitrogens with one attached hydrogen (secondary N) is 1. The molecule has 2 aromatic heterocycles. The molecule has 4 rings (SSSR count). The van der Waals surface area contributed by atoms with E-state index < -0.39 is 17.9 Å². The van der Waals surface area contributed by atoms with Gasteiger partial charge < -0.3 is 20.1 Å². The summed E-state index contributed by atoms with van der Waals surface area (Å²) in [6.07, 6.45) is -3.24. The van der Waals surface area contributed by atoms with Crippen LogP contribution in [-0.2, 0) is 0 Å². The van der Waals surface area contributed by atoms with Crippen LogP contribution in [0.2, 0.25) is 0 Å². The summed E-state index contributed by atoms with van der Waals surface area (Å²) in [4.78, 5) is 19.2. The summed E-state index contributed by atoms with van der Waals surface area (Å²) in [5.41, 5.74) is 1.27. The fourth-order valence-corrected chi connectivity index (χ4v) is 3.47. The molecule has 0 bridgehead atoms. The van der Waals surface area contributed by atoms with Crippen molar-refractivity contribution in [3.05, 3.63) is 52.9 Å². The monoisotopic (exact) mass is 420 g/mol. The van der Waals surface area contributed by atoms with Crippen molar-refractivity contribution in [2.75, 3.05) is 24.5 Å². The minimum atomic E-state index is -4.95. The number of benzene rings is 1. The highest BCUT2D eigenvalue weighted by Crippen LogP contribution is 2.34. The molecule has 30 heavy (non-hydrogen) atoms. The lowest BCUT2D eigenvalue weighted by Crippen LogP contribution is -2.49. The molecule has 0 amide bonds. The fraction of sp³-hybridized carbons (Fsp3) is 0.300. The van der Waals surface area contributed by atoms with E-state index in [1.165, 1.54) is 16.5 Å². The van der Waals surface area contributed by atoms with Crippen LogP contribution >= 0.6 is 0 Å². The molecule has 0 radical (unpaired) electrons. The quantitative estimate of drug-likeness (QED) is 0.679. The van der Waals surface area contributed by atoms with Gasteiger partial charge in [-0.25, -0.2) is 4.98 Å². The Labute approximate surface area is 169 Å². The normalized spacial score (nSPS) is 17.3. The molecule has 3 aromatic rings. The molecule has 1 fully saturated rings. The van der Waals surface area contributed by atoms with Crippen LogP contribution in [-0.4, -0.2) is 46.5 Å². The predicted octanol–water partition coefficient (Wildman–Crippen LogP) is 2.76. The molecule has 7 nitrogen and oxygen atoms in total. The lowest BCUT2D eigenvalue weighted by Gasteiger charge is -2.33. The zero-order chi connectivity index (χ0) is 21.5. The van der Waals surface area contributed by atoms with Crippen molar-refractivity contribution in [3.63, 3.8) is 0 Å². The molecule has 1 atom stereocenters. The van der Waals surface area contributed by atoms with Gasteiger partial charge in [0.2, 0.25) is 0 Å². The SMILES string of the molecule is CC1CN(c2ccc3nc(-c4ccc(O)c(OC(F)(F)F)c4)cc(=O)n3c2)CCN1. The first-order chi connectivity index (χ1) is 14.2. The van der Waals surface area contributed by atoms with Crippen LogP contribution in [0.15, 0.2) is 47.4 Å². The summed E-state index contributed by atoms with van der Waals surface area (Å²) in [5, 5.41) is 13.0. The maximum absolute atomic E-state index is 12.7. The molecule has 0 aliphatic carbocycles. The van der Waals surface area contributed by atoms with Crippen molar-refractivity contribution < 1.29 is 23.0 Å². The van der Waals surface area contributed by atoms with Gasteiger partial charge in [0.25, 0.3) is 5.56 Å². The Morgan fingerprint density at radius 3 is 2.77 bits per heavy atom. The van der Waals surface area contributed by atoms with E-state index in [-0.39, 0.29) is 16.8 Å². The second-order valence-corrected chi connectivity index (χ2v) is 7.13. The number of rotatable bonds is 3. The highest BCUT2D eigenvalue weighted by atomic mass is 19.4. The molecule has 10 heteroatoms. The van der Waals surface area contributed by atoms with Crippen LogP contribution in [0.4, 0.5) is 18.9 Å². The number of anilines is 1. The lowest BCUT2D eigenvalue weighted by atomic mass is 10.1. The molecule has 2 N–H and O–H groups in total. The molecule has 3 heterocycles. The van der Waals surface area contributed by atoms with Gasteiger partial charge in [-0.05, 0) is 37.3 Å². The van der Waals surface area contributed by atoms with E-state index in [1.807, 2.05) is 6.07 Å². The summed E-state index contributed by atoms with van der Waals surface area (Å²) < 4.78 is 42.8. The summed E-state index contributed by atoms with van der Waals surface area (Å²) >= 11 is 0. The minimum absolute atomic E-state index is 0.176. The number of aromatic nitrogens is 2. The van der Waals surface area contributed by atoms with Crippen LogP contribution in [0.25, 0.3) is 16.9 Å². The fourth-order valence-electron chi connectivity index (χ4n) is 3.47. The molecular weight excluding hydrogens is 401 g/mol. The number of ether oxygens (including phenoxy) is 1. The molecule has 1 aliphatic heterocycles. The second kappa shape index (κ2) is 7.52. The van der Waals surface area contributed by atoms with Crippen LogP contribution in [0, 0.1) is 0 Å². The van der Waals surface area contributed by atoms with Gasteiger partial charge in [-0.3, -0.25) is 9.20 Å². The molecular formula is C20H19F3N4O3. The average Bonchev–Trinajstić information content (AvgIpc) is 2.68. The van der Waals surface area contributed by atoms with Gasteiger partial charge in [-0.2, -0.15) is 0 Å². The molecule has 1 aromatic carbocycles. The van der Waals surface area contributed by atoms with Crippen molar-refractivity contribution in [3.8, 4) is 22.8 Å². The second-order valence-electron chi connectivity index (χ2n) is 7.13. The highest BCUT2D eigenvalue weighted by Gasteiger charge is 2.32. The number of fused-ring (bicyclic) bond motifs is 1. The lowest BCUT2D eigenvalue weighted by molar-refractivity contribution is -0.275. The Morgan fingerprint density at radius 2 is 2.03 bits per heavy atom. The van der Waals surface area contributed by atoms with E-state index in [4.69, 9.17) is 0 Å². The van der Waals surface area contributed by atoms with Crippen LogP contribution in [0.3, 0.4) is 0 Å². The number of phenols is 1. The largest absolute Gasteiger partial charge is 0.573 e. The first-order valence-corrected chi connectivity index (χ1v) is 9.30. The van der Waals surface area contributed by atoms with E-state index in [1.54, 1.807) is 12.3 Å². The van der Waals surface area contributed by atoms with E-state index >= 15 is 0 Å². The number of alkyl halides is 3. The van der Waals surface area contributed by atoms with Gasteiger partial charge in [-0.15, -0.1) is 13.2 Å². The third-order valence-electron chi connectivity index (χ3n) is 4.86. The zero-order valence-corrected chi connectivity index (χ0v) is 16.0. The Bertz CT molecular complexity index is 1150. The summed E-state index contributed by atoms with van der Waals surface area (Å²) in [6, 6.07) is 8.55. The van der Waals surface area contributed by atoms with E-state index in [9.17, 15) is 23.1 Å². The number of pyridine rings is 1. The zero-order valence-electron chi connectivity index (χ0n) is 16.0. The molecule has 158 valence electrons. The Hall–Kier alpha value is -3.27. The first kappa shape index (κ1) is 20.0. The topological polar surface area (TPSA) is 79.1 Å². The number of halogens is 3. The minimum Gasteiger partial charge on any atom is -0.504 e. The number of piperazine rings is 1. The number of aromatic hydroxyl groups is 1. The number of hydrogen-bond acceptors (Lipinski definition) is 6. The van der Waals surface area contributed by atoms with Crippen molar-refractivity contribution in [2.45, 2.75) is 19.3 Å². The third kappa shape index (κ3) is 4.18. The van der Waals surface area contributed by atoms with Crippen LogP contribution in [0.1, 0.15) is 6.92 Å². The van der Waals surface area contributed by atoms with Gasteiger partial charge in [-0.1, -0.05) is 0 Å². The van der Waals surface area contributed by atoms with E-state index in [0.717, 1.165) is 37.5 Å². The van der Waals surface area contributed by atoms with Gasteiger partial charge in [0.15, 0.2) is 11.5 Å². The molecule has 1 unspecified atom stereocenters. The molecule has 0 spiro atoms. The third-order valence-corrected chi connectivity index (χ3v) is 4.86. The van der Waals surface area contributed by atoms with Gasteiger partial charge in [0, 0.05) is 43.5 Å². The van der Waals surface area contributed by atoms with Crippen molar-refractivity contribution in [1.29, 1.82) is 0 Å². The number of nitrogens with zero attached hydrogens (tertiary/aromatic N) is 3. The van der Waals surface area contributed by atoms with Crippen molar-refractivity contribution >= 4 is 11.3 Å². The molecule has 1 aliphatic rings. The first-order valence-electron chi connectivity index (χ1n) is 9.30. The summed E-state index contributed by atoms with van der Waals surface area (Å²) in [6.45, 7) is 4.54. The highest BCUT2D eigenvalue weighted by molar-refractivity contribution is 5.66. The van der Waals surface area contributed by atoms with E-state index in [0.29, 0.717) is 11.7 Å². The van der Waals surface area contributed by atoms with Gasteiger partial charge in [0.1, 0.15) is 5.65 Å². The average molecular weight is 420 g/mol. The Morgan fingerprint density at radius 1 is 1.23 bits per heavy atom. The van der Waals surface area contributed by atoms with Crippen molar-refractivity contribution in [1.82, 2.24) is 14.7 Å². The van der Waals surface area contributed by atoms with Crippen LogP contribution in [0.5, 0.6) is 11.5 Å². The Balaban J connectivity index is 1.71. The maximum atomic E-state index is 12.7. The van der Waals surface area contributed by atoms with Crippen molar-refractivity contribution in [2.24, 2.45) is 0 Å². The molecule has 1 saturated heterocycles. The van der Waals surface area contributed by atoms with Crippen LogP contribution < -0.4 is 20.5 Å². The van der Waals surface area contributed by atoms with Gasteiger partial charge in [0.05, 0.1) is 11.4 Å². The maximum Gasteiger partial charge on any atom is 0.573 e. The van der Waals surface area contributed by atoms with Gasteiger partial charge >= 0.3 is 6.36 Å². The number of phenolic OH excluding ortho intramolecular Hbond substituents is 1. The van der Waals surface area contributed by atoms with E-state index in [2.05, 4.69) is 26.9 Å². The predicted molar refractivity (Wildman–Crippen MR) is 105 cm³/mol. The molecule has 0 saturated carbocycles.